The first-order chi connectivity index (χ1) is 8.15. The molecule has 0 fully saturated rings. The molecule has 1 atom stereocenters. The highest BCUT2D eigenvalue weighted by molar-refractivity contribution is 5.85. The van der Waals surface area contributed by atoms with Crippen LogP contribution in [-0.4, -0.2) is 23.5 Å². The second-order valence-corrected chi connectivity index (χ2v) is 3.60. The van der Waals surface area contributed by atoms with E-state index in [0.717, 1.165) is 0 Å². The lowest BCUT2D eigenvalue weighted by atomic mass is 9.95. The van der Waals surface area contributed by atoms with Crippen LogP contribution >= 0.6 is 0 Å². The van der Waals surface area contributed by atoms with Crippen LogP contribution in [0, 0.1) is 0 Å². The monoisotopic (exact) mass is 233 g/mol. The molecule has 0 aliphatic heterocycles. The van der Waals surface area contributed by atoms with Gasteiger partial charge in [-0.2, -0.15) is 0 Å². The molecule has 0 spiro atoms. The molecule has 1 amide bonds. The second-order valence-electron chi connectivity index (χ2n) is 3.60. The van der Waals surface area contributed by atoms with E-state index in [9.17, 15) is 9.59 Å². The summed E-state index contributed by atoms with van der Waals surface area (Å²) in [5.74, 6) is -2.09. The smallest absolute Gasteiger partial charge is 0.311 e. The lowest BCUT2D eigenvalue weighted by molar-refractivity contribution is -0.140. The summed E-state index contributed by atoms with van der Waals surface area (Å²) in [5.41, 5.74) is 0.633. The zero-order chi connectivity index (χ0) is 12.7. The maximum absolute atomic E-state index is 11.5. The molecular formula is C13H15NO3. The fraction of sp³-hybridized carbons (Fsp3) is 0.231. The minimum Gasteiger partial charge on any atom is -0.481 e. The van der Waals surface area contributed by atoms with Gasteiger partial charge in [-0.3, -0.25) is 9.59 Å². The highest BCUT2D eigenvalue weighted by Crippen LogP contribution is 2.19. The SMILES string of the molecule is C=CCNC(=O)CC(C(=O)O)c1ccccc1. The van der Waals surface area contributed by atoms with Gasteiger partial charge in [-0.25, -0.2) is 0 Å². The number of carbonyl (C=O) groups excluding carboxylic acids is 1. The molecule has 0 aromatic heterocycles. The van der Waals surface area contributed by atoms with Gasteiger partial charge in [0.15, 0.2) is 0 Å². The van der Waals surface area contributed by atoms with Gasteiger partial charge in [-0.05, 0) is 5.56 Å². The van der Waals surface area contributed by atoms with Crippen molar-refractivity contribution in [3.05, 3.63) is 48.6 Å². The molecule has 17 heavy (non-hydrogen) atoms. The predicted molar refractivity (Wildman–Crippen MR) is 64.6 cm³/mol. The zero-order valence-electron chi connectivity index (χ0n) is 9.43. The maximum atomic E-state index is 11.5. The predicted octanol–water partition coefficient (Wildman–Crippen LogP) is 1.55. The Morgan fingerprint density at radius 1 is 1.35 bits per heavy atom. The van der Waals surface area contributed by atoms with Gasteiger partial charge in [0.25, 0.3) is 0 Å². The number of carboxylic acid groups (broad SMARTS) is 1. The molecule has 0 aliphatic carbocycles. The van der Waals surface area contributed by atoms with Crippen LogP contribution in [0.1, 0.15) is 17.9 Å². The van der Waals surface area contributed by atoms with Gasteiger partial charge < -0.3 is 10.4 Å². The van der Waals surface area contributed by atoms with E-state index in [-0.39, 0.29) is 12.3 Å². The molecule has 4 heteroatoms. The molecule has 1 aromatic rings. The Labute approximate surface area is 100.0 Å². The molecule has 1 rings (SSSR count). The minimum absolute atomic E-state index is 0.0623. The van der Waals surface area contributed by atoms with Gasteiger partial charge in [0.05, 0.1) is 5.92 Å². The summed E-state index contributed by atoms with van der Waals surface area (Å²) in [4.78, 5) is 22.6. The second kappa shape index (κ2) is 6.48. The molecule has 0 bridgehead atoms. The molecule has 0 radical (unpaired) electrons. The summed E-state index contributed by atoms with van der Waals surface area (Å²) < 4.78 is 0. The van der Waals surface area contributed by atoms with E-state index in [0.29, 0.717) is 12.1 Å². The first-order valence-electron chi connectivity index (χ1n) is 5.30. The molecule has 1 aromatic carbocycles. The molecule has 4 nitrogen and oxygen atoms in total. The number of benzene rings is 1. The van der Waals surface area contributed by atoms with Gasteiger partial charge in [-0.1, -0.05) is 36.4 Å². The highest BCUT2D eigenvalue weighted by atomic mass is 16.4. The topological polar surface area (TPSA) is 66.4 Å². The van der Waals surface area contributed by atoms with Crippen molar-refractivity contribution < 1.29 is 14.7 Å². The molecular weight excluding hydrogens is 218 g/mol. The summed E-state index contributed by atoms with van der Waals surface area (Å²) in [5, 5.41) is 11.7. The Balaban J connectivity index is 2.71. The van der Waals surface area contributed by atoms with Crippen molar-refractivity contribution in [1.29, 1.82) is 0 Å². The van der Waals surface area contributed by atoms with Crippen molar-refractivity contribution in [1.82, 2.24) is 5.32 Å². The van der Waals surface area contributed by atoms with Crippen molar-refractivity contribution >= 4 is 11.9 Å². The number of aliphatic carboxylic acids is 1. The number of carbonyl (C=O) groups is 2. The molecule has 1 unspecified atom stereocenters. The van der Waals surface area contributed by atoms with Gasteiger partial charge >= 0.3 is 5.97 Å². The first kappa shape index (κ1) is 13.0. The number of carboxylic acids is 1. The van der Waals surface area contributed by atoms with E-state index < -0.39 is 11.9 Å². The summed E-state index contributed by atoms with van der Waals surface area (Å²) in [6.07, 6.45) is 1.49. The molecule has 0 heterocycles. The van der Waals surface area contributed by atoms with Crippen LogP contribution in [0.3, 0.4) is 0 Å². The molecule has 0 saturated heterocycles. The Morgan fingerprint density at radius 2 is 2.00 bits per heavy atom. The van der Waals surface area contributed by atoms with Gasteiger partial charge in [-0.15, -0.1) is 6.58 Å². The van der Waals surface area contributed by atoms with E-state index in [1.807, 2.05) is 0 Å². The van der Waals surface area contributed by atoms with E-state index in [2.05, 4.69) is 11.9 Å². The van der Waals surface area contributed by atoms with E-state index in [1.54, 1.807) is 36.4 Å². The number of hydrogen-bond acceptors (Lipinski definition) is 2. The first-order valence-corrected chi connectivity index (χ1v) is 5.30. The van der Waals surface area contributed by atoms with Gasteiger partial charge in [0, 0.05) is 13.0 Å². The van der Waals surface area contributed by atoms with Crippen LogP contribution in [0.25, 0.3) is 0 Å². The van der Waals surface area contributed by atoms with Crippen LogP contribution in [0.15, 0.2) is 43.0 Å². The van der Waals surface area contributed by atoms with Crippen LogP contribution < -0.4 is 5.32 Å². The van der Waals surface area contributed by atoms with Crippen molar-refractivity contribution in [3.8, 4) is 0 Å². The summed E-state index contributed by atoms with van der Waals surface area (Å²) in [6.45, 7) is 3.82. The lowest BCUT2D eigenvalue weighted by Gasteiger charge is -2.12. The molecule has 0 saturated carbocycles. The fourth-order valence-electron chi connectivity index (χ4n) is 1.48. The largest absolute Gasteiger partial charge is 0.481 e. The van der Waals surface area contributed by atoms with Crippen molar-refractivity contribution in [2.24, 2.45) is 0 Å². The Bertz CT molecular complexity index is 400. The fourth-order valence-corrected chi connectivity index (χ4v) is 1.48. The van der Waals surface area contributed by atoms with Gasteiger partial charge in [0.2, 0.25) is 5.91 Å². The standard InChI is InChI=1S/C13H15NO3/c1-2-8-14-12(15)9-11(13(16)17)10-6-4-3-5-7-10/h2-7,11H,1,8-9H2,(H,14,15)(H,16,17). The zero-order valence-corrected chi connectivity index (χ0v) is 9.43. The van der Waals surface area contributed by atoms with E-state index in [1.165, 1.54) is 0 Å². The third-order valence-corrected chi connectivity index (χ3v) is 2.33. The van der Waals surface area contributed by atoms with Gasteiger partial charge in [0.1, 0.15) is 0 Å². The average molecular weight is 233 g/mol. The summed E-state index contributed by atoms with van der Waals surface area (Å²) in [7, 11) is 0. The Morgan fingerprint density at radius 3 is 2.53 bits per heavy atom. The normalized spacial score (nSPS) is 11.5. The van der Waals surface area contributed by atoms with Crippen molar-refractivity contribution in [3.63, 3.8) is 0 Å². The number of amides is 1. The average Bonchev–Trinajstić information content (AvgIpc) is 2.34. The Hall–Kier alpha value is -2.10. The van der Waals surface area contributed by atoms with Crippen molar-refractivity contribution in [2.75, 3.05) is 6.54 Å². The lowest BCUT2D eigenvalue weighted by Crippen LogP contribution is -2.27. The Kier molecular flexibility index (Phi) is 4.94. The number of hydrogen-bond donors (Lipinski definition) is 2. The molecule has 0 aliphatic rings. The summed E-state index contributed by atoms with van der Waals surface area (Å²) >= 11 is 0. The maximum Gasteiger partial charge on any atom is 0.311 e. The third kappa shape index (κ3) is 4.10. The summed E-state index contributed by atoms with van der Waals surface area (Å²) in [6, 6.07) is 8.74. The third-order valence-electron chi connectivity index (χ3n) is 2.33. The van der Waals surface area contributed by atoms with E-state index in [4.69, 9.17) is 5.11 Å². The van der Waals surface area contributed by atoms with Crippen molar-refractivity contribution in [2.45, 2.75) is 12.3 Å². The highest BCUT2D eigenvalue weighted by Gasteiger charge is 2.22. The minimum atomic E-state index is -0.995. The molecule has 90 valence electrons. The van der Waals surface area contributed by atoms with Crippen LogP contribution in [-0.2, 0) is 9.59 Å². The molecule has 2 N–H and O–H groups in total. The van der Waals surface area contributed by atoms with Crippen LogP contribution in [0.2, 0.25) is 0 Å². The quantitative estimate of drug-likeness (QED) is 0.732. The van der Waals surface area contributed by atoms with E-state index >= 15 is 0 Å². The number of rotatable bonds is 6. The van der Waals surface area contributed by atoms with Crippen LogP contribution in [0.5, 0.6) is 0 Å². The van der Waals surface area contributed by atoms with Crippen LogP contribution in [0.4, 0.5) is 0 Å². The number of nitrogens with one attached hydrogen (secondary N) is 1.